The zero-order valence-electron chi connectivity index (χ0n) is 12.4. The fraction of sp³-hybridized carbons (Fsp3) is 0.500. The van der Waals surface area contributed by atoms with Crippen molar-refractivity contribution in [2.24, 2.45) is 0 Å². The van der Waals surface area contributed by atoms with Gasteiger partial charge in [0.25, 0.3) is 0 Å². The van der Waals surface area contributed by atoms with Gasteiger partial charge in [0.1, 0.15) is 17.9 Å². The molecule has 0 aliphatic carbocycles. The highest BCUT2D eigenvalue weighted by atomic mass is 16.6. The number of ether oxygens (including phenoxy) is 2. The minimum Gasteiger partial charge on any atom is -0.481 e. The van der Waals surface area contributed by atoms with Crippen LogP contribution >= 0.6 is 0 Å². The molecular formula is C14H20N2O4. The number of hydrogen-bond acceptors (Lipinski definition) is 5. The second kappa shape index (κ2) is 6.36. The molecular weight excluding hydrogens is 260 g/mol. The van der Waals surface area contributed by atoms with Crippen molar-refractivity contribution in [2.75, 3.05) is 7.11 Å². The van der Waals surface area contributed by atoms with E-state index in [1.807, 2.05) is 0 Å². The molecule has 20 heavy (non-hydrogen) atoms. The molecule has 0 aliphatic heterocycles. The highest BCUT2D eigenvalue weighted by molar-refractivity contribution is 5.74. The molecule has 110 valence electrons. The smallest absolute Gasteiger partial charge is 0.408 e. The number of carbonyl (C=O) groups excluding carboxylic acids is 2. The van der Waals surface area contributed by atoms with Crippen LogP contribution in [0.2, 0.25) is 0 Å². The number of alkyl carbamates (subject to hydrolysis) is 1. The summed E-state index contributed by atoms with van der Waals surface area (Å²) in [6, 6.07) is 2.50. The van der Waals surface area contributed by atoms with Gasteiger partial charge in [-0.1, -0.05) is 0 Å². The SMILES string of the molecule is COc1cc(C(C=O)NC(=O)OC(C)(C)C)cc(C)n1. The van der Waals surface area contributed by atoms with Gasteiger partial charge in [-0.2, -0.15) is 0 Å². The van der Waals surface area contributed by atoms with E-state index >= 15 is 0 Å². The second-order valence-corrected chi connectivity index (χ2v) is 5.34. The number of aryl methyl sites for hydroxylation is 1. The van der Waals surface area contributed by atoms with E-state index in [1.165, 1.54) is 7.11 Å². The van der Waals surface area contributed by atoms with Gasteiger partial charge in [-0.3, -0.25) is 0 Å². The van der Waals surface area contributed by atoms with Gasteiger partial charge in [0, 0.05) is 11.8 Å². The molecule has 6 nitrogen and oxygen atoms in total. The third kappa shape index (κ3) is 4.87. The fourth-order valence-electron chi connectivity index (χ4n) is 1.58. The molecule has 1 aromatic rings. The molecule has 0 fully saturated rings. The molecule has 1 amide bonds. The van der Waals surface area contributed by atoms with E-state index in [-0.39, 0.29) is 0 Å². The highest BCUT2D eigenvalue weighted by Gasteiger charge is 2.20. The van der Waals surface area contributed by atoms with Crippen LogP contribution in [0.1, 0.15) is 38.1 Å². The Morgan fingerprint density at radius 2 is 2.05 bits per heavy atom. The molecule has 6 heteroatoms. The van der Waals surface area contributed by atoms with Crippen molar-refractivity contribution in [1.82, 2.24) is 10.3 Å². The van der Waals surface area contributed by atoms with E-state index in [9.17, 15) is 9.59 Å². The lowest BCUT2D eigenvalue weighted by Crippen LogP contribution is -2.35. The van der Waals surface area contributed by atoms with E-state index < -0.39 is 17.7 Å². The van der Waals surface area contributed by atoms with Crippen LogP contribution in [0.5, 0.6) is 5.88 Å². The Hall–Kier alpha value is -2.11. The molecule has 1 aromatic heterocycles. The average Bonchev–Trinajstić information content (AvgIpc) is 2.32. The standard InChI is InChI=1S/C14H20N2O4/c1-9-6-10(7-12(15-9)19-5)11(8-17)16-13(18)20-14(2,3)4/h6-8,11H,1-5H3,(H,16,18). The third-order valence-corrected chi connectivity index (χ3v) is 2.33. The number of pyridine rings is 1. The number of aldehydes is 1. The van der Waals surface area contributed by atoms with Gasteiger partial charge in [0.05, 0.1) is 7.11 Å². The molecule has 0 saturated carbocycles. The minimum absolute atomic E-state index is 0.387. The summed E-state index contributed by atoms with van der Waals surface area (Å²) in [5, 5.41) is 2.51. The molecule has 1 rings (SSSR count). The number of rotatable bonds is 4. The van der Waals surface area contributed by atoms with Crippen LogP contribution in [0, 0.1) is 6.92 Å². The normalized spacial score (nSPS) is 12.4. The van der Waals surface area contributed by atoms with E-state index in [4.69, 9.17) is 9.47 Å². The molecule has 0 saturated heterocycles. The lowest BCUT2D eigenvalue weighted by molar-refractivity contribution is -0.109. The molecule has 0 aromatic carbocycles. The molecule has 0 aliphatic rings. The monoisotopic (exact) mass is 280 g/mol. The summed E-state index contributed by atoms with van der Waals surface area (Å²) in [6.45, 7) is 7.04. The topological polar surface area (TPSA) is 77.5 Å². The lowest BCUT2D eigenvalue weighted by atomic mass is 10.1. The van der Waals surface area contributed by atoms with E-state index in [0.29, 0.717) is 23.4 Å². The van der Waals surface area contributed by atoms with Crippen molar-refractivity contribution < 1.29 is 19.1 Å². The van der Waals surface area contributed by atoms with Crippen LogP contribution in [-0.4, -0.2) is 30.1 Å². The molecule has 0 radical (unpaired) electrons. The molecule has 1 heterocycles. The summed E-state index contributed by atoms with van der Waals surface area (Å²) < 4.78 is 10.2. The second-order valence-electron chi connectivity index (χ2n) is 5.34. The Bertz CT molecular complexity index is 494. The van der Waals surface area contributed by atoms with Gasteiger partial charge in [0.2, 0.25) is 5.88 Å². The number of methoxy groups -OCH3 is 1. The molecule has 0 bridgehead atoms. The van der Waals surface area contributed by atoms with Gasteiger partial charge in [-0.15, -0.1) is 0 Å². The fourth-order valence-corrected chi connectivity index (χ4v) is 1.58. The third-order valence-electron chi connectivity index (χ3n) is 2.33. The first-order valence-corrected chi connectivity index (χ1v) is 6.22. The van der Waals surface area contributed by atoms with Gasteiger partial charge in [-0.25, -0.2) is 9.78 Å². The number of aromatic nitrogens is 1. The van der Waals surface area contributed by atoms with E-state index in [0.717, 1.165) is 0 Å². The first kappa shape index (κ1) is 15.9. The predicted octanol–water partition coefficient (Wildman–Crippen LogP) is 2.16. The average molecular weight is 280 g/mol. The molecule has 1 unspecified atom stereocenters. The highest BCUT2D eigenvalue weighted by Crippen LogP contribution is 2.18. The van der Waals surface area contributed by atoms with Crippen molar-refractivity contribution in [3.8, 4) is 5.88 Å². The van der Waals surface area contributed by atoms with Crippen molar-refractivity contribution in [2.45, 2.75) is 39.3 Å². The van der Waals surface area contributed by atoms with Crippen molar-refractivity contribution in [3.63, 3.8) is 0 Å². The summed E-state index contributed by atoms with van der Waals surface area (Å²) in [5.41, 5.74) is 0.663. The van der Waals surface area contributed by atoms with Crippen LogP contribution in [0.3, 0.4) is 0 Å². The van der Waals surface area contributed by atoms with Gasteiger partial charge in [-0.05, 0) is 39.3 Å². The first-order valence-electron chi connectivity index (χ1n) is 6.22. The van der Waals surface area contributed by atoms with Gasteiger partial charge in [0.15, 0.2) is 0 Å². The number of hydrogen-bond donors (Lipinski definition) is 1. The number of carbonyl (C=O) groups is 2. The Balaban J connectivity index is 2.88. The summed E-state index contributed by atoms with van der Waals surface area (Å²) in [5.74, 6) is 0.387. The first-order chi connectivity index (χ1) is 9.25. The van der Waals surface area contributed by atoms with Gasteiger partial charge < -0.3 is 19.6 Å². The van der Waals surface area contributed by atoms with Crippen molar-refractivity contribution in [3.05, 3.63) is 23.4 Å². The van der Waals surface area contributed by atoms with Crippen LogP contribution in [0.15, 0.2) is 12.1 Å². The Labute approximate surface area is 118 Å². The Morgan fingerprint density at radius 3 is 2.55 bits per heavy atom. The molecule has 0 spiro atoms. The maximum absolute atomic E-state index is 11.7. The maximum atomic E-state index is 11.7. The number of amides is 1. The number of nitrogens with zero attached hydrogens (tertiary/aromatic N) is 1. The summed E-state index contributed by atoms with van der Waals surface area (Å²) >= 11 is 0. The van der Waals surface area contributed by atoms with Crippen LogP contribution < -0.4 is 10.1 Å². The summed E-state index contributed by atoms with van der Waals surface area (Å²) in [4.78, 5) is 27.0. The van der Waals surface area contributed by atoms with Crippen LogP contribution in [0.4, 0.5) is 4.79 Å². The van der Waals surface area contributed by atoms with Crippen molar-refractivity contribution in [1.29, 1.82) is 0 Å². The quantitative estimate of drug-likeness (QED) is 0.855. The molecule has 1 atom stereocenters. The van der Waals surface area contributed by atoms with Crippen molar-refractivity contribution >= 4 is 12.4 Å². The largest absolute Gasteiger partial charge is 0.481 e. The van der Waals surface area contributed by atoms with Gasteiger partial charge >= 0.3 is 6.09 Å². The van der Waals surface area contributed by atoms with Crippen LogP contribution in [-0.2, 0) is 9.53 Å². The van der Waals surface area contributed by atoms with E-state index in [1.54, 1.807) is 39.8 Å². The minimum atomic E-state index is -0.805. The zero-order chi connectivity index (χ0) is 15.3. The number of nitrogens with one attached hydrogen (secondary N) is 1. The van der Waals surface area contributed by atoms with E-state index in [2.05, 4.69) is 10.3 Å². The molecule has 1 N–H and O–H groups in total. The predicted molar refractivity (Wildman–Crippen MR) is 73.7 cm³/mol. The lowest BCUT2D eigenvalue weighted by Gasteiger charge is -2.21. The van der Waals surface area contributed by atoms with Crippen LogP contribution in [0.25, 0.3) is 0 Å². The summed E-state index contributed by atoms with van der Waals surface area (Å²) in [7, 11) is 1.49. The Kier molecular flexibility index (Phi) is 5.07. The maximum Gasteiger partial charge on any atom is 0.408 e. The Morgan fingerprint density at radius 1 is 1.40 bits per heavy atom. The summed E-state index contributed by atoms with van der Waals surface area (Å²) in [6.07, 6.45) is -0.0129. The zero-order valence-corrected chi connectivity index (χ0v) is 12.4.